The largest absolute Gasteiger partial charge is 0.323 e. The van der Waals surface area contributed by atoms with E-state index < -0.39 is 0 Å². The predicted molar refractivity (Wildman–Crippen MR) is 75.1 cm³/mol. The maximum atomic E-state index is 6.13. The molecule has 0 fully saturated rings. The number of nitrogens with two attached hydrogens (primary N) is 1. The van der Waals surface area contributed by atoms with Crippen LogP contribution >= 0.6 is 27.3 Å². The van der Waals surface area contributed by atoms with Gasteiger partial charge in [-0.25, -0.2) is 4.98 Å². The van der Waals surface area contributed by atoms with Crippen LogP contribution in [0.1, 0.15) is 29.5 Å². The first-order valence-corrected chi connectivity index (χ1v) is 7.37. The molecule has 3 rings (SSSR count). The molecular formula is C13H13BrN2S. The minimum atomic E-state index is 0.187. The highest BCUT2D eigenvalue weighted by molar-refractivity contribution is 9.10. The van der Waals surface area contributed by atoms with Crippen LogP contribution in [0.25, 0.3) is 10.6 Å². The molecule has 2 aromatic rings. The van der Waals surface area contributed by atoms with Crippen LogP contribution in [0.2, 0.25) is 0 Å². The molecule has 1 heterocycles. The van der Waals surface area contributed by atoms with E-state index in [1.165, 1.54) is 16.1 Å². The lowest BCUT2D eigenvalue weighted by Gasteiger charge is -2.15. The van der Waals surface area contributed by atoms with Gasteiger partial charge in [-0.05, 0) is 25.3 Å². The zero-order chi connectivity index (χ0) is 11.8. The molecule has 2 nitrogen and oxygen atoms in total. The molecular weight excluding hydrogens is 296 g/mol. The van der Waals surface area contributed by atoms with E-state index in [9.17, 15) is 0 Å². The van der Waals surface area contributed by atoms with E-state index in [1.54, 1.807) is 11.3 Å². The third-order valence-electron chi connectivity index (χ3n) is 3.10. The van der Waals surface area contributed by atoms with E-state index in [1.807, 2.05) is 12.1 Å². The van der Waals surface area contributed by atoms with E-state index >= 15 is 0 Å². The average Bonchev–Trinajstić information content (AvgIpc) is 2.75. The minimum absolute atomic E-state index is 0.187. The van der Waals surface area contributed by atoms with E-state index in [-0.39, 0.29) is 6.04 Å². The number of nitrogens with zero attached hydrogens (tertiary/aromatic N) is 1. The van der Waals surface area contributed by atoms with Gasteiger partial charge in [0.25, 0.3) is 0 Å². The van der Waals surface area contributed by atoms with Gasteiger partial charge in [0.2, 0.25) is 0 Å². The van der Waals surface area contributed by atoms with Gasteiger partial charge in [0.15, 0.2) is 0 Å². The standard InChI is InChI=1S/C13H13BrN2S/c14-9-5-2-1-4-8(9)13-16-11-7-3-6-10(15)12(11)17-13/h1-2,4-5,10H,3,6-7,15H2. The topological polar surface area (TPSA) is 38.9 Å². The molecule has 1 aliphatic rings. The van der Waals surface area contributed by atoms with Crippen LogP contribution in [0.5, 0.6) is 0 Å². The highest BCUT2D eigenvalue weighted by atomic mass is 79.9. The average molecular weight is 309 g/mol. The van der Waals surface area contributed by atoms with E-state index in [0.717, 1.165) is 28.7 Å². The van der Waals surface area contributed by atoms with Gasteiger partial charge in [0.1, 0.15) is 5.01 Å². The highest BCUT2D eigenvalue weighted by Gasteiger charge is 2.22. The molecule has 4 heteroatoms. The Morgan fingerprint density at radius 3 is 2.94 bits per heavy atom. The first-order valence-electron chi connectivity index (χ1n) is 5.76. The number of fused-ring (bicyclic) bond motifs is 1. The summed E-state index contributed by atoms with van der Waals surface area (Å²) in [6.45, 7) is 0. The van der Waals surface area contributed by atoms with Crippen LogP contribution in [-0.2, 0) is 6.42 Å². The SMILES string of the molecule is NC1CCCc2nc(-c3ccccc3Br)sc21. The van der Waals surface area contributed by atoms with Crippen molar-refractivity contribution in [1.29, 1.82) is 0 Å². The summed E-state index contributed by atoms with van der Waals surface area (Å²) in [6.07, 6.45) is 3.32. The monoisotopic (exact) mass is 308 g/mol. The van der Waals surface area contributed by atoms with Gasteiger partial charge >= 0.3 is 0 Å². The van der Waals surface area contributed by atoms with Crippen molar-refractivity contribution in [3.05, 3.63) is 39.3 Å². The van der Waals surface area contributed by atoms with Crippen LogP contribution in [0.3, 0.4) is 0 Å². The molecule has 0 radical (unpaired) electrons. The molecule has 17 heavy (non-hydrogen) atoms. The molecule has 1 aliphatic carbocycles. The molecule has 0 amide bonds. The summed E-state index contributed by atoms with van der Waals surface area (Å²) in [5.74, 6) is 0. The third-order valence-corrected chi connectivity index (χ3v) is 5.05. The van der Waals surface area contributed by atoms with Crippen LogP contribution < -0.4 is 5.73 Å². The molecule has 88 valence electrons. The summed E-state index contributed by atoms with van der Waals surface area (Å²) < 4.78 is 1.10. The Labute approximate surface area is 113 Å². The number of benzene rings is 1. The van der Waals surface area contributed by atoms with Crippen molar-refractivity contribution in [3.63, 3.8) is 0 Å². The number of hydrogen-bond acceptors (Lipinski definition) is 3. The summed E-state index contributed by atoms with van der Waals surface area (Å²) >= 11 is 5.32. The van der Waals surface area contributed by atoms with Gasteiger partial charge < -0.3 is 5.73 Å². The van der Waals surface area contributed by atoms with Crippen LogP contribution in [0.15, 0.2) is 28.7 Å². The van der Waals surface area contributed by atoms with Crippen LogP contribution in [-0.4, -0.2) is 4.98 Å². The van der Waals surface area contributed by atoms with Crippen molar-refractivity contribution < 1.29 is 0 Å². The Bertz CT molecular complexity index is 550. The maximum absolute atomic E-state index is 6.13. The molecule has 0 bridgehead atoms. The van der Waals surface area contributed by atoms with Crippen molar-refractivity contribution in [2.24, 2.45) is 5.73 Å². The van der Waals surface area contributed by atoms with Gasteiger partial charge in [-0.15, -0.1) is 11.3 Å². The normalized spacial score (nSPS) is 19.1. The molecule has 2 N–H and O–H groups in total. The fraction of sp³-hybridized carbons (Fsp3) is 0.308. The lowest BCUT2D eigenvalue weighted by atomic mass is 9.99. The molecule has 0 saturated carbocycles. The molecule has 1 atom stereocenters. The van der Waals surface area contributed by atoms with Crippen molar-refractivity contribution in [2.75, 3.05) is 0 Å². The number of thiazole rings is 1. The lowest BCUT2D eigenvalue weighted by Crippen LogP contribution is -2.15. The fourth-order valence-electron chi connectivity index (χ4n) is 2.20. The second kappa shape index (κ2) is 4.52. The van der Waals surface area contributed by atoms with Gasteiger partial charge in [-0.3, -0.25) is 0 Å². The first-order chi connectivity index (χ1) is 8.25. The van der Waals surface area contributed by atoms with E-state index in [0.29, 0.717) is 0 Å². The van der Waals surface area contributed by atoms with Crippen molar-refractivity contribution in [3.8, 4) is 10.6 Å². The Morgan fingerprint density at radius 1 is 1.35 bits per heavy atom. The van der Waals surface area contributed by atoms with Gasteiger partial charge in [-0.2, -0.15) is 0 Å². The number of hydrogen-bond donors (Lipinski definition) is 1. The third kappa shape index (κ3) is 2.05. The Hall–Kier alpha value is -0.710. The Kier molecular flexibility index (Phi) is 3.03. The molecule has 1 unspecified atom stereocenters. The van der Waals surface area contributed by atoms with Crippen LogP contribution in [0.4, 0.5) is 0 Å². The maximum Gasteiger partial charge on any atom is 0.125 e. The van der Waals surface area contributed by atoms with Crippen molar-refractivity contribution in [2.45, 2.75) is 25.3 Å². The fourth-order valence-corrected chi connectivity index (χ4v) is 3.99. The van der Waals surface area contributed by atoms with Crippen molar-refractivity contribution >= 4 is 27.3 Å². The summed E-state index contributed by atoms with van der Waals surface area (Å²) in [4.78, 5) is 6.02. The summed E-state index contributed by atoms with van der Waals surface area (Å²) in [5, 5.41) is 1.08. The van der Waals surface area contributed by atoms with Gasteiger partial charge in [0.05, 0.1) is 5.69 Å². The van der Waals surface area contributed by atoms with Crippen molar-refractivity contribution in [1.82, 2.24) is 4.98 Å². The quantitative estimate of drug-likeness (QED) is 0.867. The molecule has 0 saturated heterocycles. The smallest absolute Gasteiger partial charge is 0.125 e. The van der Waals surface area contributed by atoms with Gasteiger partial charge in [0, 0.05) is 21.0 Å². The summed E-state index contributed by atoms with van der Waals surface area (Å²) in [6, 6.07) is 8.40. The number of rotatable bonds is 1. The number of aryl methyl sites for hydroxylation is 1. The molecule has 0 spiro atoms. The number of halogens is 1. The summed E-state index contributed by atoms with van der Waals surface area (Å²) in [5.41, 5.74) is 8.51. The first kappa shape index (κ1) is 11.4. The number of aromatic nitrogens is 1. The second-order valence-corrected chi connectivity index (χ2v) is 6.19. The molecule has 0 aliphatic heterocycles. The van der Waals surface area contributed by atoms with E-state index in [4.69, 9.17) is 10.7 Å². The molecule has 1 aromatic carbocycles. The Balaban J connectivity index is 2.08. The zero-order valence-corrected chi connectivity index (χ0v) is 11.7. The molecule has 1 aromatic heterocycles. The van der Waals surface area contributed by atoms with Gasteiger partial charge in [-0.1, -0.05) is 34.1 Å². The predicted octanol–water partition coefficient (Wildman–Crippen LogP) is 3.91. The van der Waals surface area contributed by atoms with E-state index in [2.05, 4.69) is 28.1 Å². The zero-order valence-electron chi connectivity index (χ0n) is 9.32. The Morgan fingerprint density at radius 2 is 2.18 bits per heavy atom. The second-order valence-electron chi connectivity index (χ2n) is 4.31. The highest BCUT2D eigenvalue weighted by Crippen LogP contribution is 2.38. The van der Waals surface area contributed by atoms with Crippen LogP contribution in [0, 0.1) is 0 Å². The summed E-state index contributed by atoms with van der Waals surface area (Å²) in [7, 11) is 0. The lowest BCUT2D eigenvalue weighted by molar-refractivity contribution is 0.573. The minimum Gasteiger partial charge on any atom is -0.323 e.